The van der Waals surface area contributed by atoms with E-state index in [-0.39, 0.29) is 30.2 Å². The molecule has 0 saturated carbocycles. The molecule has 0 bridgehead atoms. The van der Waals surface area contributed by atoms with Crippen LogP contribution in [0.3, 0.4) is 0 Å². The lowest BCUT2D eigenvalue weighted by Crippen LogP contribution is -2.34. The van der Waals surface area contributed by atoms with E-state index in [2.05, 4.69) is 16.0 Å². The summed E-state index contributed by atoms with van der Waals surface area (Å²) in [5.74, 6) is -0.427. The minimum absolute atomic E-state index is 0.0657. The molecule has 3 N–H and O–H groups in total. The number of ether oxygens (including phenoxy) is 1. The van der Waals surface area contributed by atoms with E-state index < -0.39 is 11.7 Å². The number of benzene rings is 1. The Morgan fingerprint density at radius 2 is 1.45 bits per heavy atom. The highest BCUT2D eigenvalue weighted by atomic mass is 16.6. The zero-order valence-corrected chi connectivity index (χ0v) is 18.4. The number of allylic oxidation sites excluding steroid dienone is 1. The van der Waals surface area contributed by atoms with Gasteiger partial charge in [0.25, 0.3) is 0 Å². The normalized spacial score (nSPS) is 12.2. The Bertz CT molecular complexity index is 754. The predicted molar refractivity (Wildman–Crippen MR) is 116 cm³/mol. The fraction of sp³-hybridized carbons (Fsp3) is 0.500. The first-order chi connectivity index (χ1) is 13.3. The maximum Gasteiger partial charge on any atom is 0.407 e. The van der Waals surface area contributed by atoms with Crippen LogP contribution in [0.15, 0.2) is 35.9 Å². The summed E-state index contributed by atoms with van der Waals surface area (Å²) in [6.07, 6.45) is 1.16. The van der Waals surface area contributed by atoms with Gasteiger partial charge >= 0.3 is 6.09 Å². The molecule has 1 rings (SSSR count). The molecule has 1 aromatic rings. The van der Waals surface area contributed by atoms with Crippen molar-refractivity contribution in [3.05, 3.63) is 35.9 Å². The van der Waals surface area contributed by atoms with Crippen molar-refractivity contribution < 1.29 is 19.1 Å². The van der Waals surface area contributed by atoms with Crippen LogP contribution in [0, 0.1) is 5.41 Å². The van der Waals surface area contributed by atoms with Gasteiger partial charge in [-0.15, -0.1) is 0 Å². The molecule has 3 amide bonds. The molecule has 160 valence electrons. The second kappa shape index (κ2) is 10.1. The van der Waals surface area contributed by atoms with E-state index in [4.69, 9.17) is 4.74 Å². The fourth-order valence-corrected chi connectivity index (χ4v) is 2.04. The lowest BCUT2D eigenvalue weighted by molar-refractivity contribution is -0.116. The molecular weight excluding hydrogens is 370 g/mol. The largest absolute Gasteiger partial charge is 0.444 e. The zero-order chi connectivity index (χ0) is 22.2. The van der Waals surface area contributed by atoms with Gasteiger partial charge in [-0.25, -0.2) is 4.79 Å². The Labute approximate surface area is 173 Å². The van der Waals surface area contributed by atoms with Gasteiger partial charge in [-0.05, 0) is 57.4 Å². The van der Waals surface area contributed by atoms with Crippen molar-refractivity contribution in [2.75, 3.05) is 17.2 Å². The molecule has 0 aliphatic rings. The average Bonchev–Trinajstić information content (AvgIpc) is 2.54. The minimum Gasteiger partial charge on any atom is -0.444 e. The van der Waals surface area contributed by atoms with Gasteiger partial charge < -0.3 is 20.7 Å². The van der Waals surface area contributed by atoms with E-state index >= 15 is 0 Å². The molecular formula is C22H33N3O4. The number of hydrogen-bond acceptors (Lipinski definition) is 4. The number of anilines is 2. The van der Waals surface area contributed by atoms with Crippen LogP contribution >= 0.6 is 0 Å². The predicted octanol–water partition coefficient (Wildman–Crippen LogP) is 4.47. The highest BCUT2D eigenvalue weighted by Crippen LogP contribution is 2.24. The Balaban J connectivity index is 2.47. The van der Waals surface area contributed by atoms with Crippen molar-refractivity contribution >= 4 is 29.3 Å². The lowest BCUT2D eigenvalue weighted by atomic mass is 9.87. The Morgan fingerprint density at radius 3 is 1.93 bits per heavy atom. The third kappa shape index (κ3) is 10.3. The molecule has 7 nitrogen and oxygen atoms in total. The van der Waals surface area contributed by atoms with Crippen molar-refractivity contribution in [1.82, 2.24) is 5.32 Å². The summed E-state index contributed by atoms with van der Waals surface area (Å²) in [5, 5.41) is 8.08. The van der Waals surface area contributed by atoms with Crippen LogP contribution in [0.2, 0.25) is 0 Å². The smallest absolute Gasteiger partial charge is 0.407 e. The molecule has 29 heavy (non-hydrogen) atoms. The molecule has 0 spiro atoms. The van der Waals surface area contributed by atoms with Gasteiger partial charge in [0.15, 0.2) is 0 Å². The van der Waals surface area contributed by atoms with Crippen molar-refractivity contribution in [1.29, 1.82) is 0 Å². The number of hydrogen-bond donors (Lipinski definition) is 3. The molecule has 0 aliphatic carbocycles. The number of carbonyl (C=O) groups is 3. The molecule has 0 fully saturated rings. The molecule has 0 heterocycles. The second-order valence-corrected chi connectivity index (χ2v) is 8.87. The van der Waals surface area contributed by atoms with Crippen LogP contribution in [-0.2, 0) is 14.3 Å². The maximum atomic E-state index is 12.1. The third-order valence-electron chi connectivity index (χ3n) is 3.99. The molecule has 7 heteroatoms. The average molecular weight is 404 g/mol. The Kier molecular flexibility index (Phi) is 8.42. The summed E-state index contributed by atoms with van der Waals surface area (Å²) in [4.78, 5) is 35.6. The first-order valence-electron chi connectivity index (χ1n) is 9.63. The van der Waals surface area contributed by atoms with Crippen molar-refractivity contribution in [3.63, 3.8) is 0 Å². The molecule has 0 atom stereocenters. The molecule has 0 aliphatic heterocycles. The molecule has 1 aromatic carbocycles. The second-order valence-electron chi connectivity index (χ2n) is 8.87. The summed E-state index contributed by atoms with van der Waals surface area (Å²) >= 11 is 0. The standard InChI is InChI=1S/C22H33N3O4/c1-15(21(2,3)4)14-19(27)25-17-10-8-16(9-11-17)24-18(26)12-13-23-20(28)29-22(5,6)7/h8-11,14H,12-13H2,1-7H3,(H,23,28)(H,24,26)(H,25,27)/b15-14+. The van der Waals surface area contributed by atoms with E-state index in [1.807, 2.05) is 27.7 Å². The van der Waals surface area contributed by atoms with Gasteiger partial charge in [0, 0.05) is 30.4 Å². The van der Waals surface area contributed by atoms with Crippen LogP contribution in [0.5, 0.6) is 0 Å². The van der Waals surface area contributed by atoms with Gasteiger partial charge in [0.1, 0.15) is 5.60 Å². The summed E-state index contributed by atoms with van der Waals surface area (Å²) in [6, 6.07) is 6.84. The van der Waals surface area contributed by atoms with Gasteiger partial charge in [-0.2, -0.15) is 0 Å². The summed E-state index contributed by atoms with van der Waals surface area (Å²) in [5.41, 5.74) is 1.58. The monoisotopic (exact) mass is 403 g/mol. The quantitative estimate of drug-likeness (QED) is 0.611. The summed E-state index contributed by atoms with van der Waals surface area (Å²) in [7, 11) is 0. The molecule has 0 unspecified atom stereocenters. The fourth-order valence-electron chi connectivity index (χ4n) is 2.04. The third-order valence-corrected chi connectivity index (χ3v) is 3.99. The highest BCUT2D eigenvalue weighted by molar-refractivity contribution is 6.00. The van der Waals surface area contributed by atoms with Crippen molar-refractivity contribution in [2.24, 2.45) is 5.41 Å². The van der Waals surface area contributed by atoms with E-state index in [0.717, 1.165) is 5.57 Å². The zero-order valence-electron chi connectivity index (χ0n) is 18.4. The van der Waals surface area contributed by atoms with E-state index in [1.54, 1.807) is 51.1 Å². The van der Waals surface area contributed by atoms with Crippen LogP contribution in [0.1, 0.15) is 54.9 Å². The van der Waals surface area contributed by atoms with E-state index in [0.29, 0.717) is 11.4 Å². The van der Waals surface area contributed by atoms with Crippen LogP contribution in [-0.4, -0.2) is 30.1 Å². The van der Waals surface area contributed by atoms with Gasteiger partial charge in [0.05, 0.1) is 0 Å². The summed E-state index contributed by atoms with van der Waals surface area (Å²) in [6.45, 7) is 13.6. The highest BCUT2D eigenvalue weighted by Gasteiger charge is 2.16. The van der Waals surface area contributed by atoms with Crippen molar-refractivity contribution in [3.8, 4) is 0 Å². The van der Waals surface area contributed by atoms with Gasteiger partial charge in [0.2, 0.25) is 11.8 Å². The summed E-state index contributed by atoms with van der Waals surface area (Å²) < 4.78 is 5.10. The van der Waals surface area contributed by atoms with E-state index in [1.165, 1.54) is 0 Å². The van der Waals surface area contributed by atoms with Crippen LogP contribution < -0.4 is 16.0 Å². The molecule has 0 aromatic heterocycles. The van der Waals surface area contributed by atoms with Crippen LogP contribution in [0.25, 0.3) is 0 Å². The molecule has 0 radical (unpaired) electrons. The number of alkyl carbamates (subject to hydrolysis) is 1. The number of carbonyl (C=O) groups excluding carboxylic acids is 3. The maximum absolute atomic E-state index is 12.1. The van der Waals surface area contributed by atoms with Crippen LogP contribution in [0.4, 0.5) is 16.2 Å². The van der Waals surface area contributed by atoms with Gasteiger partial charge in [-0.1, -0.05) is 26.3 Å². The SMILES string of the molecule is C/C(=C\C(=O)Nc1ccc(NC(=O)CCNC(=O)OC(C)(C)C)cc1)C(C)(C)C. The Morgan fingerprint density at radius 1 is 0.931 bits per heavy atom. The molecule has 0 saturated heterocycles. The van der Waals surface area contributed by atoms with Crippen molar-refractivity contribution in [2.45, 2.75) is 60.5 Å². The van der Waals surface area contributed by atoms with E-state index in [9.17, 15) is 14.4 Å². The minimum atomic E-state index is -0.579. The Hall–Kier alpha value is -2.83. The lowest BCUT2D eigenvalue weighted by Gasteiger charge is -2.19. The number of rotatable bonds is 6. The first kappa shape index (κ1) is 24.2. The van der Waals surface area contributed by atoms with Gasteiger partial charge in [-0.3, -0.25) is 9.59 Å². The topological polar surface area (TPSA) is 96.5 Å². The number of nitrogens with one attached hydrogen (secondary N) is 3. The first-order valence-corrected chi connectivity index (χ1v) is 9.63. The number of amides is 3.